The van der Waals surface area contributed by atoms with Gasteiger partial charge in [-0.2, -0.15) is 0 Å². The number of aromatic nitrogens is 1. The summed E-state index contributed by atoms with van der Waals surface area (Å²) in [6.45, 7) is 7.59. The molecule has 1 aliphatic rings. The lowest BCUT2D eigenvalue weighted by atomic mass is 10.2. The van der Waals surface area contributed by atoms with E-state index in [0.29, 0.717) is 18.0 Å². The molecular weight excluding hydrogens is 254 g/mol. The van der Waals surface area contributed by atoms with Crippen LogP contribution in [0.25, 0.3) is 0 Å². The molecule has 5 heteroatoms. The summed E-state index contributed by atoms with van der Waals surface area (Å²) >= 11 is 0. The molecule has 2 rings (SSSR count). The first kappa shape index (κ1) is 14.8. The third kappa shape index (κ3) is 3.93. The molecule has 0 aromatic carbocycles. The molecule has 1 fully saturated rings. The highest BCUT2D eigenvalue weighted by Crippen LogP contribution is 2.15. The lowest BCUT2D eigenvalue weighted by molar-refractivity contribution is 0.0527. The second-order valence-electron chi connectivity index (χ2n) is 5.17. The predicted octanol–water partition coefficient (Wildman–Crippen LogP) is 2.15. The number of pyridine rings is 1. The van der Waals surface area contributed by atoms with Crippen molar-refractivity contribution in [2.24, 2.45) is 0 Å². The zero-order valence-electron chi connectivity index (χ0n) is 12.3. The normalized spacial score (nSPS) is 16.9. The summed E-state index contributed by atoms with van der Waals surface area (Å²) in [5, 5.41) is 3.32. The maximum absolute atomic E-state index is 11.9. The second-order valence-corrected chi connectivity index (χ2v) is 5.17. The minimum atomic E-state index is -0.323. The number of likely N-dealkylation sites (tertiary alicyclic amines) is 1. The fourth-order valence-corrected chi connectivity index (χ4v) is 2.53. The predicted molar refractivity (Wildman–Crippen MR) is 79.0 cm³/mol. The second kappa shape index (κ2) is 7.24. The smallest absolute Gasteiger partial charge is 0.341 e. The molecule has 1 saturated heterocycles. The van der Waals surface area contributed by atoms with Crippen LogP contribution < -0.4 is 5.32 Å². The van der Waals surface area contributed by atoms with Crippen molar-refractivity contribution in [3.63, 3.8) is 0 Å². The van der Waals surface area contributed by atoms with Crippen molar-refractivity contribution >= 4 is 11.8 Å². The molecule has 0 spiro atoms. The van der Waals surface area contributed by atoms with E-state index in [9.17, 15) is 4.79 Å². The maximum atomic E-state index is 11.9. The summed E-state index contributed by atoms with van der Waals surface area (Å²) in [5.41, 5.74) is 0.502. The van der Waals surface area contributed by atoms with Gasteiger partial charge in [0.2, 0.25) is 0 Å². The Kier molecular flexibility index (Phi) is 5.35. The number of hydrogen-bond acceptors (Lipinski definition) is 5. The summed E-state index contributed by atoms with van der Waals surface area (Å²) in [6.07, 6.45) is 4.25. The first-order valence-corrected chi connectivity index (χ1v) is 7.31. The topological polar surface area (TPSA) is 54.5 Å². The molecule has 1 atom stereocenters. The van der Waals surface area contributed by atoms with Crippen molar-refractivity contribution in [1.29, 1.82) is 0 Å². The third-order valence-electron chi connectivity index (χ3n) is 3.42. The van der Waals surface area contributed by atoms with Gasteiger partial charge >= 0.3 is 5.97 Å². The van der Waals surface area contributed by atoms with E-state index in [-0.39, 0.29) is 12.0 Å². The Labute approximate surface area is 120 Å². The lowest BCUT2D eigenvalue weighted by Gasteiger charge is -2.22. The zero-order chi connectivity index (χ0) is 14.4. The standard InChI is InChI=1S/C15H23N3O2/c1-3-20-15(19)13-7-6-8-16-14(13)17-12(2)11-18-9-4-5-10-18/h6-8,12H,3-5,9-11H2,1-2H3,(H,16,17). The van der Waals surface area contributed by atoms with Gasteiger partial charge in [0.15, 0.2) is 0 Å². The Balaban J connectivity index is 1.98. The van der Waals surface area contributed by atoms with Gasteiger partial charge in [-0.15, -0.1) is 0 Å². The van der Waals surface area contributed by atoms with Crippen molar-refractivity contribution < 1.29 is 9.53 Å². The Morgan fingerprint density at radius 3 is 2.95 bits per heavy atom. The number of rotatable bonds is 6. The highest BCUT2D eigenvalue weighted by molar-refractivity contribution is 5.94. The minimum Gasteiger partial charge on any atom is -0.462 e. The van der Waals surface area contributed by atoms with Crippen LogP contribution in [0.5, 0.6) is 0 Å². The zero-order valence-corrected chi connectivity index (χ0v) is 12.3. The Bertz CT molecular complexity index is 444. The van der Waals surface area contributed by atoms with Crippen molar-refractivity contribution in [3.05, 3.63) is 23.9 Å². The molecular formula is C15H23N3O2. The molecule has 0 saturated carbocycles. The van der Waals surface area contributed by atoms with Gasteiger partial charge < -0.3 is 15.0 Å². The number of esters is 1. The Morgan fingerprint density at radius 1 is 1.50 bits per heavy atom. The van der Waals surface area contributed by atoms with E-state index in [4.69, 9.17) is 4.74 Å². The van der Waals surface area contributed by atoms with Crippen LogP contribution in [0.1, 0.15) is 37.0 Å². The SMILES string of the molecule is CCOC(=O)c1cccnc1NC(C)CN1CCCC1. The number of carbonyl (C=O) groups excluding carboxylic acids is 1. The van der Waals surface area contributed by atoms with Gasteiger partial charge in [-0.3, -0.25) is 0 Å². The van der Waals surface area contributed by atoms with Crippen LogP contribution in [-0.4, -0.2) is 48.1 Å². The van der Waals surface area contributed by atoms with E-state index in [1.807, 2.05) is 0 Å². The third-order valence-corrected chi connectivity index (χ3v) is 3.42. The van der Waals surface area contributed by atoms with Gasteiger partial charge in [0, 0.05) is 18.8 Å². The fourth-order valence-electron chi connectivity index (χ4n) is 2.53. The van der Waals surface area contributed by atoms with E-state index in [1.54, 1.807) is 25.3 Å². The lowest BCUT2D eigenvalue weighted by Crippen LogP contribution is -2.33. The Morgan fingerprint density at radius 2 is 2.25 bits per heavy atom. The maximum Gasteiger partial charge on any atom is 0.341 e. The van der Waals surface area contributed by atoms with Crippen LogP contribution in [-0.2, 0) is 4.74 Å². The molecule has 0 radical (unpaired) electrons. The van der Waals surface area contributed by atoms with Crippen molar-refractivity contribution in [1.82, 2.24) is 9.88 Å². The molecule has 0 bridgehead atoms. The van der Waals surface area contributed by atoms with Crippen molar-refractivity contribution in [2.45, 2.75) is 32.7 Å². The van der Waals surface area contributed by atoms with Gasteiger partial charge in [-0.25, -0.2) is 9.78 Å². The van der Waals surface area contributed by atoms with Crippen LogP contribution in [0.4, 0.5) is 5.82 Å². The molecule has 1 aromatic heterocycles. The van der Waals surface area contributed by atoms with E-state index in [2.05, 4.69) is 22.1 Å². The highest BCUT2D eigenvalue weighted by atomic mass is 16.5. The van der Waals surface area contributed by atoms with Crippen LogP contribution in [0.3, 0.4) is 0 Å². The Hall–Kier alpha value is -1.62. The molecule has 0 aliphatic carbocycles. The number of anilines is 1. The number of nitrogens with zero attached hydrogens (tertiary/aromatic N) is 2. The number of carbonyl (C=O) groups is 1. The quantitative estimate of drug-likeness (QED) is 0.808. The molecule has 1 N–H and O–H groups in total. The summed E-state index contributed by atoms with van der Waals surface area (Å²) in [6, 6.07) is 3.74. The minimum absolute atomic E-state index is 0.246. The monoisotopic (exact) mass is 277 g/mol. The average molecular weight is 277 g/mol. The summed E-state index contributed by atoms with van der Waals surface area (Å²) in [7, 11) is 0. The van der Waals surface area contributed by atoms with Crippen LogP contribution >= 0.6 is 0 Å². The average Bonchev–Trinajstić information content (AvgIpc) is 2.92. The molecule has 20 heavy (non-hydrogen) atoms. The van der Waals surface area contributed by atoms with Gasteiger partial charge in [0.05, 0.1) is 6.61 Å². The molecule has 110 valence electrons. The summed E-state index contributed by atoms with van der Waals surface area (Å²) in [5.74, 6) is 0.286. The molecule has 0 amide bonds. The summed E-state index contributed by atoms with van der Waals surface area (Å²) in [4.78, 5) is 18.6. The van der Waals surface area contributed by atoms with Gasteiger partial charge in [-0.1, -0.05) is 0 Å². The van der Waals surface area contributed by atoms with Crippen molar-refractivity contribution in [2.75, 3.05) is 31.6 Å². The molecule has 1 unspecified atom stereocenters. The molecule has 2 heterocycles. The van der Waals surface area contributed by atoms with Crippen LogP contribution in [0, 0.1) is 0 Å². The van der Waals surface area contributed by atoms with Gasteiger partial charge in [-0.05, 0) is 51.9 Å². The van der Waals surface area contributed by atoms with E-state index in [0.717, 1.165) is 6.54 Å². The van der Waals surface area contributed by atoms with Gasteiger partial charge in [0.1, 0.15) is 11.4 Å². The number of ether oxygens (including phenoxy) is 1. The van der Waals surface area contributed by atoms with Crippen LogP contribution in [0.2, 0.25) is 0 Å². The van der Waals surface area contributed by atoms with Crippen molar-refractivity contribution in [3.8, 4) is 0 Å². The summed E-state index contributed by atoms with van der Waals surface area (Å²) < 4.78 is 5.05. The molecule has 5 nitrogen and oxygen atoms in total. The first-order chi connectivity index (χ1) is 9.70. The number of nitrogens with one attached hydrogen (secondary N) is 1. The van der Waals surface area contributed by atoms with Crippen LogP contribution in [0.15, 0.2) is 18.3 Å². The highest BCUT2D eigenvalue weighted by Gasteiger charge is 2.18. The molecule has 1 aliphatic heterocycles. The van der Waals surface area contributed by atoms with E-state index in [1.165, 1.54) is 25.9 Å². The first-order valence-electron chi connectivity index (χ1n) is 7.31. The van der Waals surface area contributed by atoms with E-state index < -0.39 is 0 Å². The van der Waals surface area contributed by atoms with E-state index >= 15 is 0 Å². The number of hydrogen-bond donors (Lipinski definition) is 1. The molecule has 1 aromatic rings. The largest absolute Gasteiger partial charge is 0.462 e. The fraction of sp³-hybridized carbons (Fsp3) is 0.600. The van der Waals surface area contributed by atoms with Gasteiger partial charge in [0.25, 0.3) is 0 Å².